The minimum Gasteiger partial charge on any atom is -0.337 e. The fourth-order valence-electron chi connectivity index (χ4n) is 3.76. The molecule has 0 spiro atoms. The summed E-state index contributed by atoms with van der Waals surface area (Å²) in [7, 11) is -1.12. The molecule has 0 amide bonds. The third-order valence-corrected chi connectivity index (χ3v) is 7.25. The lowest BCUT2D eigenvalue weighted by atomic mass is 10.0. The molecule has 1 aromatic heterocycles. The number of rotatable bonds is 3. The SMILES string of the molecule is Cc1cn(C)c([C@@H]2CCN(S(=O)(=O)C3CCCCC3)C2)n1. The summed E-state index contributed by atoms with van der Waals surface area (Å²) in [6, 6.07) is 0. The summed E-state index contributed by atoms with van der Waals surface area (Å²) < 4.78 is 29.3. The van der Waals surface area contributed by atoms with Gasteiger partial charge >= 0.3 is 0 Å². The summed E-state index contributed by atoms with van der Waals surface area (Å²) in [5.41, 5.74) is 1.00. The van der Waals surface area contributed by atoms with E-state index in [4.69, 9.17) is 0 Å². The second-order valence-corrected chi connectivity index (χ2v) is 8.71. The van der Waals surface area contributed by atoms with Crippen molar-refractivity contribution in [1.29, 1.82) is 0 Å². The highest BCUT2D eigenvalue weighted by Gasteiger charge is 2.38. The Bertz CT molecular complexity index is 602. The highest BCUT2D eigenvalue weighted by molar-refractivity contribution is 7.89. The smallest absolute Gasteiger partial charge is 0.217 e. The number of imidazole rings is 1. The van der Waals surface area contributed by atoms with Crippen molar-refractivity contribution in [1.82, 2.24) is 13.9 Å². The Morgan fingerprint density at radius 2 is 1.90 bits per heavy atom. The second-order valence-electron chi connectivity index (χ2n) is 6.50. The molecule has 3 rings (SSSR count). The van der Waals surface area contributed by atoms with Crippen molar-refractivity contribution in [3.8, 4) is 0 Å². The van der Waals surface area contributed by atoms with Gasteiger partial charge in [0.15, 0.2) is 0 Å². The van der Waals surface area contributed by atoms with E-state index in [0.717, 1.165) is 43.6 Å². The number of hydrogen-bond donors (Lipinski definition) is 0. The normalized spacial score (nSPS) is 25.5. The zero-order valence-electron chi connectivity index (χ0n) is 13.0. The molecule has 0 N–H and O–H groups in total. The minimum atomic E-state index is -3.11. The molecular weight excluding hydrogens is 286 g/mol. The molecule has 5 nitrogen and oxygen atoms in total. The topological polar surface area (TPSA) is 55.2 Å². The van der Waals surface area contributed by atoms with Crippen LogP contribution in [0.3, 0.4) is 0 Å². The zero-order valence-corrected chi connectivity index (χ0v) is 13.8. The molecule has 118 valence electrons. The molecule has 0 radical (unpaired) electrons. The Balaban J connectivity index is 1.73. The van der Waals surface area contributed by atoms with Gasteiger partial charge in [0.25, 0.3) is 0 Å². The quantitative estimate of drug-likeness (QED) is 0.860. The van der Waals surface area contributed by atoms with E-state index in [-0.39, 0.29) is 11.2 Å². The third-order valence-electron chi connectivity index (χ3n) is 4.88. The van der Waals surface area contributed by atoms with Gasteiger partial charge in [-0.3, -0.25) is 0 Å². The molecule has 2 fully saturated rings. The number of aryl methyl sites for hydroxylation is 2. The summed E-state index contributed by atoms with van der Waals surface area (Å²) in [5.74, 6) is 1.26. The van der Waals surface area contributed by atoms with Crippen molar-refractivity contribution in [3.63, 3.8) is 0 Å². The Labute approximate surface area is 127 Å². The van der Waals surface area contributed by atoms with Gasteiger partial charge in [-0.1, -0.05) is 19.3 Å². The average molecular weight is 311 g/mol. The minimum absolute atomic E-state index is 0.145. The molecule has 1 atom stereocenters. The Morgan fingerprint density at radius 1 is 1.19 bits per heavy atom. The zero-order chi connectivity index (χ0) is 15.0. The van der Waals surface area contributed by atoms with E-state index in [0.29, 0.717) is 13.1 Å². The van der Waals surface area contributed by atoms with Crippen molar-refractivity contribution < 1.29 is 8.42 Å². The van der Waals surface area contributed by atoms with Crippen LogP contribution in [0.4, 0.5) is 0 Å². The fourth-order valence-corrected chi connectivity index (χ4v) is 5.86. The molecule has 2 heterocycles. The second kappa shape index (κ2) is 5.72. The van der Waals surface area contributed by atoms with E-state index in [9.17, 15) is 8.42 Å². The maximum absolute atomic E-state index is 12.8. The summed E-state index contributed by atoms with van der Waals surface area (Å²) in [5, 5.41) is -0.145. The lowest BCUT2D eigenvalue weighted by Crippen LogP contribution is -2.38. The molecule has 21 heavy (non-hydrogen) atoms. The number of sulfonamides is 1. The van der Waals surface area contributed by atoms with E-state index in [2.05, 4.69) is 4.98 Å². The largest absolute Gasteiger partial charge is 0.337 e. The Hall–Kier alpha value is -0.880. The van der Waals surface area contributed by atoms with Crippen LogP contribution in [-0.4, -0.2) is 40.6 Å². The predicted molar refractivity (Wildman–Crippen MR) is 82.7 cm³/mol. The third kappa shape index (κ3) is 2.88. The van der Waals surface area contributed by atoms with Crippen molar-refractivity contribution >= 4 is 10.0 Å². The molecule has 0 bridgehead atoms. The van der Waals surface area contributed by atoms with Crippen LogP contribution in [0.15, 0.2) is 6.20 Å². The molecule has 6 heteroatoms. The standard InChI is InChI=1S/C15H25N3O2S/c1-12-10-17(2)15(16-12)13-8-9-18(11-13)21(19,20)14-6-4-3-5-7-14/h10,13-14H,3-9,11H2,1-2H3/t13-/m1/s1. The van der Waals surface area contributed by atoms with E-state index in [1.54, 1.807) is 4.31 Å². The van der Waals surface area contributed by atoms with Crippen LogP contribution in [0.1, 0.15) is 56.0 Å². The first kappa shape index (κ1) is 15.0. The predicted octanol–water partition coefficient (Wildman–Crippen LogP) is 2.18. The van der Waals surface area contributed by atoms with Gasteiger partial charge in [0, 0.05) is 32.3 Å². The Kier molecular flexibility index (Phi) is 4.10. The van der Waals surface area contributed by atoms with Gasteiger partial charge in [0.2, 0.25) is 10.0 Å². The lowest BCUT2D eigenvalue weighted by molar-refractivity contribution is 0.425. The first-order valence-electron chi connectivity index (χ1n) is 7.97. The molecule has 1 saturated carbocycles. The maximum Gasteiger partial charge on any atom is 0.217 e. The molecule has 1 saturated heterocycles. The average Bonchev–Trinajstić information content (AvgIpc) is 3.06. The molecule has 1 aliphatic carbocycles. The monoisotopic (exact) mass is 311 g/mol. The van der Waals surface area contributed by atoms with E-state index in [1.807, 2.05) is 24.7 Å². The van der Waals surface area contributed by atoms with Gasteiger partial charge in [-0.05, 0) is 26.2 Å². The summed E-state index contributed by atoms with van der Waals surface area (Å²) >= 11 is 0. The summed E-state index contributed by atoms with van der Waals surface area (Å²) in [4.78, 5) is 4.56. The first-order chi connectivity index (χ1) is 9.98. The van der Waals surface area contributed by atoms with Crippen molar-refractivity contribution in [2.75, 3.05) is 13.1 Å². The molecule has 0 unspecified atom stereocenters. The number of nitrogens with zero attached hydrogens (tertiary/aromatic N) is 3. The molecule has 1 aromatic rings. The van der Waals surface area contributed by atoms with E-state index in [1.165, 1.54) is 6.42 Å². The molecule has 2 aliphatic rings. The van der Waals surface area contributed by atoms with Crippen LogP contribution < -0.4 is 0 Å². The van der Waals surface area contributed by atoms with Crippen LogP contribution in [0.25, 0.3) is 0 Å². The van der Waals surface area contributed by atoms with Crippen LogP contribution in [0.5, 0.6) is 0 Å². The number of hydrogen-bond acceptors (Lipinski definition) is 3. The van der Waals surface area contributed by atoms with Crippen LogP contribution in [0.2, 0.25) is 0 Å². The van der Waals surface area contributed by atoms with Gasteiger partial charge in [-0.25, -0.2) is 17.7 Å². The lowest BCUT2D eigenvalue weighted by Gasteiger charge is -2.27. The number of aromatic nitrogens is 2. The van der Waals surface area contributed by atoms with Gasteiger partial charge in [0.1, 0.15) is 5.82 Å². The summed E-state index contributed by atoms with van der Waals surface area (Å²) in [6.45, 7) is 3.23. The van der Waals surface area contributed by atoms with Crippen LogP contribution in [-0.2, 0) is 17.1 Å². The molecular formula is C15H25N3O2S. The Morgan fingerprint density at radius 3 is 2.52 bits per heavy atom. The van der Waals surface area contributed by atoms with Gasteiger partial charge in [0.05, 0.1) is 10.9 Å². The molecule has 1 aliphatic heterocycles. The van der Waals surface area contributed by atoms with Crippen molar-refractivity contribution in [2.45, 2.75) is 56.6 Å². The maximum atomic E-state index is 12.8. The van der Waals surface area contributed by atoms with Crippen molar-refractivity contribution in [3.05, 3.63) is 17.7 Å². The van der Waals surface area contributed by atoms with Crippen molar-refractivity contribution in [2.24, 2.45) is 7.05 Å². The summed E-state index contributed by atoms with van der Waals surface area (Å²) in [6.07, 6.45) is 7.86. The fraction of sp³-hybridized carbons (Fsp3) is 0.800. The van der Waals surface area contributed by atoms with Gasteiger partial charge < -0.3 is 4.57 Å². The van der Waals surface area contributed by atoms with Crippen LogP contribution in [0, 0.1) is 6.92 Å². The van der Waals surface area contributed by atoms with E-state index >= 15 is 0 Å². The highest BCUT2D eigenvalue weighted by atomic mass is 32.2. The van der Waals surface area contributed by atoms with E-state index < -0.39 is 10.0 Å². The first-order valence-corrected chi connectivity index (χ1v) is 9.47. The van der Waals surface area contributed by atoms with Gasteiger partial charge in [-0.2, -0.15) is 0 Å². The van der Waals surface area contributed by atoms with Crippen LogP contribution >= 0.6 is 0 Å². The molecule has 0 aromatic carbocycles. The van der Waals surface area contributed by atoms with Gasteiger partial charge in [-0.15, -0.1) is 0 Å². The highest BCUT2D eigenvalue weighted by Crippen LogP contribution is 2.32.